The van der Waals surface area contributed by atoms with Crippen molar-refractivity contribution in [3.8, 4) is 5.75 Å². The Labute approximate surface area is 141 Å². The number of carboxylic acids is 1. The molecular weight excluding hydrogens is 306 g/mol. The lowest BCUT2D eigenvalue weighted by Crippen LogP contribution is -2.34. The molecule has 0 spiro atoms. The molecule has 0 saturated heterocycles. The highest BCUT2D eigenvalue weighted by atomic mass is 16.5. The summed E-state index contributed by atoms with van der Waals surface area (Å²) < 4.78 is 5.37. The third kappa shape index (κ3) is 4.84. The van der Waals surface area contributed by atoms with Gasteiger partial charge in [-0.1, -0.05) is 29.8 Å². The van der Waals surface area contributed by atoms with Crippen LogP contribution in [0, 0.1) is 6.92 Å². The van der Waals surface area contributed by atoms with Crippen molar-refractivity contribution >= 4 is 11.9 Å². The Morgan fingerprint density at radius 3 is 2.46 bits per heavy atom. The SMILES string of the molecule is CCOc1ccc(C(CC(=O)[O-])NC(=O)c2cccc(C)c2)cc1. The zero-order valence-electron chi connectivity index (χ0n) is 13.7. The topological polar surface area (TPSA) is 78.5 Å². The maximum atomic E-state index is 12.4. The average Bonchev–Trinajstić information content (AvgIpc) is 2.55. The Morgan fingerprint density at radius 1 is 1.17 bits per heavy atom. The van der Waals surface area contributed by atoms with Gasteiger partial charge in [0.1, 0.15) is 5.75 Å². The normalized spacial score (nSPS) is 11.6. The van der Waals surface area contributed by atoms with E-state index in [0.29, 0.717) is 23.5 Å². The van der Waals surface area contributed by atoms with E-state index in [4.69, 9.17) is 4.74 Å². The van der Waals surface area contributed by atoms with E-state index < -0.39 is 12.0 Å². The van der Waals surface area contributed by atoms with Crippen molar-refractivity contribution in [2.24, 2.45) is 0 Å². The molecule has 0 radical (unpaired) electrons. The number of hydrogen-bond acceptors (Lipinski definition) is 4. The molecule has 126 valence electrons. The van der Waals surface area contributed by atoms with Crippen LogP contribution in [-0.4, -0.2) is 18.5 Å². The molecule has 1 unspecified atom stereocenters. The highest BCUT2D eigenvalue weighted by Gasteiger charge is 2.16. The van der Waals surface area contributed by atoms with E-state index in [-0.39, 0.29) is 12.3 Å². The smallest absolute Gasteiger partial charge is 0.251 e. The second-order valence-electron chi connectivity index (χ2n) is 5.47. The molecule has 0 aliphatic heterocycles. The summed E-state index contributed by atoms with van der Waals surface area (Å²) in [6.07, 6.45) is -0.300. The quantitative estimate of drug-likeness (QED) is 0.844. The molecule has 0 aliphatic rings. The van der Waals surface area contributed by atoms with Gasteiger partial charge in [-0.3, -0.25) is 4.79 Å². The van der Waals surface area contributed by atoms with Crippen molar-refractivity contribution < 1.29 is 19.4 Å². The molecule has 0 heterocycles. The highest BCUT2D eigenvalue weighted by Crippen LogP contribution is 2.21. The average molecular weight is 326 g/mol. The van der Waals surface area contributed by atoms with Gasteiger partial charge in [-0.05, 0) is 43.7 Å². The maximum absolute atomic E-state index is 12.4. The minimum Gasteiger partial charge on any atom is -0.550 e. The van der Waals surface area contributed by atoms with Crippen LogP contribution in [0.1, 0.15) is 40.9 Å². The van der Waals surface area contributed by atoms with E-state index in [1.807, 2.05) is 19.9 Å². The van der Waals surface area contributed by atoms with E-state index in [1.165, 1.54) is 0 Å². The number of carbonyl (C=O) groups is 2. The Balaban J connectivity index is 2.18. The van der Waals surface area contributed by atoms with Crippen LogP contribution in [0.15, 0.2) is 48.5 Å². The Kier molecular flexibility index (Phi) is 5.95. The zero-order valence-corrected chi connectivity index (χ0v) is 13.7. The molecule has 5 heteroatoms. The molecule has 0 fully saturated rings. The summed E-state index contributed by atoms with van der Waals surface area (Å²) in [5, 5.41) is 13.8. The maximum Gasteiger partial charge on any atom is 0.251 e. The van der Waals surface area contributed by atoms with E-state index >= 15 is 0 Å². The Morgan fingerprint density at radius 2 is 1.88 bits per heavy atom. The molecule has 2 aromatic carbocycles. The summed E-state index contributed by atoms with van der Waals surface area (Å²) >= 11 is 0. The first-order chi connectivity index (χ1) is 11.5. The van der Waals surface area contributed by atoms with Crippen LogP contribution >= 0.6 is 0 Å². The second-order valence-corrected chi connectivity index (χ2v) is 5.47. The first kappa shape index (κ1) is 17.5. The number of benzene rings is 2. The molecule has 0 saturated carbocycles. The van der Waals surface area contributed by atoms with Crippen molar-refractivity contribution in [1.82, 2.24) is 5.32 Å². The first-order valence-corrected chi connectivity index (χ1v) is 7.79. The predicted molar refractivity (Wildman–Crippen MR) is 88.6 cm³/mol. The van der Waals surface area contributed by atoms with Crippen LogP contribution in [0.5, 0.6) is 5.75 Å². The van der Waals surface area contributed by atoms with Crippen LogP contribution in [0.25, 0.3) is 0 Å². The molecule has 5 nitrogen and oxygen atoms in total. The molecule has 1 amide bonds. The van der Waals surface area contributed by atoms with Crippen molar-refractivity contribution in [1.29, 1.82) is 0 Å². The van der Waals surface area contributed by atoms with Crippen LogP contribution in [0.3, 0.4) is 0 Å². The number of hydrogen-bond donors (Lipinski definition) is 1. The fraction of sp³-hybridized carbons (Fsp3) is 0.263. The minimum absolute atomic E-state index is 0.300. The van der Waals surface area contributed by atoms with Gasteiger partial charge in [-0.2, -0.15) is 0 Å². The monoisotopic (exact) mass is 326 g/mol. The van der Waals surface area contributed by atoms with E-state index in [9.17, 15) is 14.7 Å². The number of carboxylic acid groups (broad SMARTS) is 1. The number of nitrogens with one attached hydrogen (secondary N) is 1. The molecule has 1 N–H and O–H groups in total. The van der Waals surface area contributed by atoms with Gasteiger partial charge in [0, 0.05) is 18.0 Å². The van der Waals surface area contributed by atoms with Gasteiger partial charge in [0.05, 0.1) is 12.6 Å². The van der Waals surface area contributed by atoms with E-state index in [2.05, 4.69) is 5.32 Å². The van der Waals surface area contributed by atoms with Crippen LogP contribution < -0.4 is 15.2 Å². The first-order valence-electron chi connectivity index (χ1n) is 7.79. The van der Waals surface area contributed by atoms with Gasteiger partial charge in [0.2, 0.25) is 0 Å². The summed E-state index contributed by atoms with van der Waals surface area (Å²) in [5.41, 5.74) is 2.13. The van der Waals surface area contributed by atoms with Crippen LogP contribution in [0.2, 0.25) is 0 Å². The minimum atomic E-state index is -1.22. The molecule has 1 atom stereocenters. The number of carbonyl (C=O) groups excluding carboxylic acids is 2. The molecular formula is C19H20NO4-. The van der Waals surface area contributed by atoms with Crippen molar-refractivity contribution in [3.63, 3.8) is 0 Å². The summed E-state index contributed by atoms with van der Waals surface area (Å²) in [4.78, 5) is 23.4. The fourth-order valence-corrected chi connectivity index (χ4v) is 2.41. The molecule has 2 aromatic rings. The third-order valence-corrected chi connectivity index (χ3v) is 3.55. The number of rotatable bonds is 7. The van der Waals surface area contributed by atoms with Crippen molar-refractivity contribution in [2.45, 2.75) is 26.3 Å². The second kappa shape index (κ2) is 8.15. The standard InChI is InChI=1S/C19H21NO4/c1-3-24-16-9-7-14(8-10-16)17(12-18(21)22)20-19(23)15-6-4-5-13(2)11-15/h4-11,17H,3,12H2,1-2H3,(H,20,23)(H,21,22)/p-1. The number of aliphatic carboxylic acids is 1. The lowest BCUT2D eigenvalue weighted by Gasteiger charge is -2.20. The van der Waals surface area contributed by atoms with Gasteiger partial charge in [-0.25, -0.2) is 0 Å². The third-order valence-electron chi connectivity index (χ3n) is 3.55. The van der Waals surface area contributed by atoms with E-state index in [0.717, 1.165) is 5.56 Å². The number of ether oxygens (including phenoxy) is 1. The van der Waals surface area contributed by atoms with Crippen LogP contribution in [-0.2, 0) is 4.79 Å². The lowest BCUT2D eigenvalue weighted by molar-refractivity contribution is -0.306. The van der Waals surface area contributed by atoms with Gasteiger partial charge >= 0.3 is 0 Å². The summed E-state index contributed by atoms with van der Waals surface area (Å²) in [7, 11) is 0. The van der Waals surface area contributed by atoms with Crippen LogP contribution in [0.4, 0.5) is 0 Å². The van der Waals surface area contributed by atoms with Gasteiger partial charge < -0.3 is 20.0 Å². The van der Waals surface area contributed by atoms with E-state index in [1.54, 1.807) is 42.5 Å². The lowest BCUT2D eigenvalue weighted by atomic mass is 10.0. The molecule has 0 aliphatic carbocycles. The number of amides is 1. The van der Waals surface area contributed by atoms with Crippen molar-refractivity contribution in [2.75, 3.05) is 6.61 Å². The molecule has 24 heavy (non-hydrogen) atoms. The zero-order chi connectivity index (χ0) is 17.5. The molecule has 0 aromatic heterocycles. The number of aryl methyl sites for hydroxylation is 1. The molecule has 2 rings (SSSR count). The largest absolute Gasteiger partial charge is 0.550 e. The van der Waals surface area contributed by atoms with Crippen molar-refractivity contribution in [3.05, 3.63) is 65.2 Å². The summed E-state index contributed by atoms with van der Waals surface area (Å²) in [6, 6.07) is 13.4. The van der Waals surface area contributed by atoms with Gasteiger partial charge in [-0.15, -0.1) is 0 Å². The fourth-order valence-electron chi connectivity index (χ4n) is 2.41. The summed E-state index contributed by atoms with van der Waals surface area (Å²) in [5.74, 6) is -0.851. The Bertz CT molecular complexity index is 710. The summed E-state index contributed by atoms with van der Waals surface area (Å²) in [6.45, 7) is 4.32. The van der Waals surface area contributed by atoms with Gasteiger partial charge in [0.15, 0.2) is 0 Å². The molecule has 0 bridgehead atoms. The highest BCUT2D eigenvalue weighted by molar-refractivity contribution is 5.94. The predicted octanol–water partition coefficient (Wildman–Crippen LogP) is 2.00. The Hall–Kier alpha value is -2.82. The van der Waals surface area contributed by atoms with Gasteiger partial charge in [0.25, 0.3) is 5.91 Å².